The first-order chi connectivity index (χ1) is 17.4. The van der Waals surface area contributed by atoms with E-state index in [1.54, 1.807) is 22.7 Å². The molecular formula is C27H22N2O4S3. The number of carbonyl (C=O) groups is 2. The molecule has 2 saturated carbocycles. The molecule has 1 atom stereocenters. The van der Waals surface area contributed by atoms with Gasteiger partial charge in [-0.3, -0.25) is 10.1 Å². The number of rotatable bonds is 6. The van der Waals surface area contributed by atoms with Crippen molar-refractivity contribution in [3.8, 4) is 11.8 Å². The zero-order valence-electron chi connectivity index (χ0n) is 19.4. The van der Waals surface area contributed by atoms with E-state index in [9.17, 15) is 14.7 Å². The number of thiophene rings is 2. The Labute approximate surface area is 220 Å². The molecule has 0 bridgehead atoms. The lowest BCUT2D eigenvalue weighted by atomic mass is 10.1. The molecule has 1 unspecified atom stereocenters. The van der Waals surface area contributed by atoms with Crippen molar-refractivity contribution in [2.24, 2.45) is 0 Å². The molecule has 2 fully saturated rings. The van der Waals surface area contributed by atoms with Crippen LogP contribution in [0, 0.1) is 11.8 Å². The van der Waals surface area contributed by atoms with Gasteiger partial charge in [-0.1, -0.05) is 30.3 Å². The van der Waals surface area contributed by atoms with Gasteiger partial charge in [0.1, 0.15) is 16.4 Å². The van der Waals surface area contributed by atoms with Gasteiger partial charge in [0, 0.05) is 20.2 Å². The standard InChI is InChI=1S/C27H22N2O4S3/c1-15(16-5-3-2-4-6-16)33-26(32)28-24-19(36-29-23(24)17-7-8-17)10-9-18-13-20-21(34-18)14-22(35-20)27(11-12-27)25(30)31/h2-6,13-15,17H,7-8,11-12H2,1H3,(H,28,32)(H,30,31). The van der Waals surface area contributed by atoms with Crippen LogP contribution in [-0.2, 0) is 14.9 Å². The topological polar surface area (TPSA) is 88.5 Å². The number of anilines is 1. The number of carboxylic acids is 1. The number of carbonyl (C=O) groups excluding carboxylic acids is 1. The third kappa shape index (κ3) is 4.41. The van der Waals surface area contributed by atoms with Crippen LogP contribution >= 0.6 is 34.2 Å². The number of aliphatic carboxylic acids is 1. The molecule has 1 aromatic carbocycles. The van der Waals surface area contributed by atoms with Gasteiger partial charge in [-0.25, -0.2) is 4.79 Å². The highest BCUT2D eigenvalue weighted by atomic mass is 32.1. The molecule has 4 aromatic rings. The third-order valence-corrected chi connectivity index (χ3v) is 9.79. The second kappa shape index (κ2) is 9.04. The summed E-state index contributed by atoms with van der Waals surface area (Å²) in [6, 6.07) is 13.6. The minimum atomic E-state index is -0.732. The van der Waals surface area contributed by atoms with Crippen LogP contribution in [0.15, 0.2) is 42.5 Å². The molecule has 36 heavy (non-hydrogen) atoms. The molecule has 6 rings (SSSR count). The summed E-state index contributed by atoms with van der Waals surface area (Å²) >= 11 is 4.40. The summed E-state index contributed by atoms with van der Waals surface area (Å²) in [6.45, 7) is 1.85. The van der Waals surface area contributed by atoms with Gasteiger partial charge in [0.25, 0.3) is 0 Å². The van der Waals surface area contributed by atoms with E-state index in [0.29, 0.717) is 29.3 Å². The van der Waals surface area contributed by atoms with E-state index >= 15 is 0 Å². The smallest absolute Gasteiger partial charge is 0.412 e. The van der Waals surface area contributed by atoms with E-state index in [1.807, 2.05) is 49.4 Å². The summed E-state index contributed by atoms with van der Waals surface area (Å²) in [5, 5.41) is 12.5. The Bertz CT molecular complexity index is 1500. The van der Waals surface area contributed by atoms with E-state index < -0.39 is 17.5 Å². The first-order valence-corrected chi connectivity index (χ1v) is 14.1. The van der Waals surface area contributed by atoms with E-state index in [1.165, 1.54) is 11.5 Å². The predicted molar refractivity (Wildman–Crippen MR) is 143 cm³/mol. The van der Waals surface area contributed by atoms with Crippen LogP contribution in [0.2, 0.25) is 0 Å². The summed E-state index contributed by atoms with van der Waals surface area (Å²) in [4.78, 5) is 26.9. The van der Waals surface area contributed by atoms with Gasteiger partial charge in [0.15, 0.2) is 0 Å². The van der Waals surface area contributed by atoms with Crippen LogP contribution in [0.4, 0.5) is 10.5 Å². The van der Waals surface area contributed by atoms with Gasteiger partial charge in [0.05, 0.1) is 16.3 Å². The fourth-order valence-electron chi connectivity index (χ4n) is 4.17. The maximum atomic E-state index is 12.7. The molecule has 0 aliphatic heterocycles. The van der Waals surface area contributed by atoms with Crippen LogP contribution < -0.4 is 5.32 Å². The Balaban J connectivity index is 1.21. The number of carboxylic acid groups (broad SMARTS) is 1. The van der Waals surface area contributed by atoms with E-state index in [4.69, 9.17) is 4.74 Å². The number of nitrogens with zero attached hydrogens (tertiary/aromatic N) is 1. The van der Waals surface area contributed by atoms with Crippen LogP contribution in [0.1, 0.15) is 70.5 Å². The zero-order valence-corrected chi connectivity index (χ0v) is 21.8. The average Bonchev–Trinajstić information content (AvgIpc) is 3.76. The Morgan fingerprint density at radius 3 is 2.56 bits per heavy atom. The SMILES string of the molecule is CC(OC(=O)Nc1c(C2CC2)nsc1C#Cc1cc2sc(C3(C(=O)O)CC3)cc2s1)c1ccccc1. The normalized spacial score (nSPS) is 16.7. The van der Waals surface area contributed by atoms with Gasteiger partial charge in [-0.05, 0) is 73.7 Å². The van der Waals surface area contributed by atoms with Gasteiger partial charge in [-0.2, -0.15) is 4.37 Å². The summed E-state index contributed by atoms with van der Waals surface area (Å²) in [6.07, 6.45) is 2.63. The minimum Gasteiger partial charge on any atom is -0.481 e. The molecule has 1 amide bonds. The van der Waals surface area contributed by atoms with Crippen LogP contribution in [0.25, 0.3) is 9.40 Å². The molecule has 3 aromatic heterocycles. The molecule has 2 N–H and O–H groups in total. The molecule has 2 aliphatic rings. The lowest BCUT2D eigenvalue weighted by Gasteiger charge is -2.14. The van der Waals surface area contributed by atoms with Crippen molar-refractivity contribution in [2.75, 3.05) is 5.32 Å². The highest BCUT2D eigenvalue weighted by Crippen LogP contribution is 2.52. The molecule has 2 aliphatic carbocycles. The highest BCUT2D eigenvalue weighted by Gasteiger charge is 2.53. The summed E-state index contributed by atoms with van der Waals surface area (Å²) in [5.41, 5.74) is 1.78. The van der Waals surface area contributed by atoms with Crippen molar-refractivity contribution in [3.63, 3.8) is 0 Å². The van der Waals surface area contributed by atoms with Gasteiger partial charge in [0.2, 0.25) is 0 Å². The summed E-state index contributed by atoms with van der Waals surface area (Å²) < 4.78 is 12.3. The maximum absolute atomic E-state index is 12.7. The average molecular weight is 535 g/mol. The number of benzene rings is 1. The van der Waals surface area contributed by atoms with E-state index in [-0.39, 0.29) is 6.10 Å². The van der Waals surface area contributed by atoms with Crippen molar-refractivity contribution >= 4 is 61.4 Å². The van der Waals surface area contributed by atoms with Crippen molar-refractivity contribution in [2.45, 2.75) is 50.0 Å². The van der Waals surface area contributed by atoms with Gasteiger partial charge in [-0.15, -0.1) is 22.7 Å². The number of amides is 1. The number of aromatic nitrogens is 1. The van der Waals surface area contributed by atoms with E-state index in [0.717, 1.165) is 43.3 Å². The largest absolute Gasteiger partial charge is 0.481 e. The second-order valence-electron chi connectivity index (χ2n) is 9.22. The van der Waals surface area contributed by atoms with E-state index in [2.05, 4.69) is 21.5 Å². The monoisotopic (exact) mass is 534 g/mol. The Kier molecular flexibility index (Phi) is 5.83. The number of hydrogen-bond acceptors (Lipinski definition) is 7. The third-order valence-electron chi connectivity index (χ3n) is 6.60. The highest BCUT2D eigenvalue weighted by molar-refractivity contribution is 7.28. The minimum absolute atomic E-state index is 0.355. The molecular weight excluding hydrogens is 513 g/mol. The Morgan fingerprint density at radius 1 is 1.14 bits per heavy atom. The fraction of sp³-hybridized carbons (Fsp3) is 0.296. The molecule has 3 heterocycles. The second-order valence-corrected chi connectivity index (χ2v) is 12.2. The molecule has 6 nitrogen and oxygen atoms in total. The van der Waals surface area contributed by atoms with Crippen molar-refractivity contribution < 1.29 is 19.4 Å². The molecule has 0 spiro atoms. The Hall–Kier alpha value is -3.19. The lowest BCUT2D eigenvalue weighted by molar-refractivity contribution is -0.139. The zero-order chi connectivity index (χ0) is 24.9. The van der Waals surface area contributed by atoms with Gasteiger partial charge < -0.3 is 9.84 Å². The van der Waals surface area contributed by atoms with Crippen LogP contribution in [0.5, 0.6) is 0 Å². The number of nitrogens with one attached hydrogen (secondary N) is 1. The predicted octanol–water partition coefficient (Wildman–Crippen LogP) is 7.12. The van der Waals surface area contributed by atoms with Crippen molar-refractivity contribution in [1.82, 2.24) is 4.37 Å². The first kappa shape index (κ1) is 23.2. The maximum Gasteiger partial charge on any atom is 0.412 e. The van der Waals surface area contributed by atoms with Gasteiger partial charge >= 0.3 is 12.1 Å². The Morgan fingerprint density at radius 2 is 1.89 bits per heavy atom. The molecule has 182 valence electrons. The molecule has 9 heteroatoms. The first-order valence-electron chi connectivity index (χ1n) is 11.7. The van der Waals surface area contributed by atoms with Crippen LogP contribution in [0.3, 0.4) is 0 Å². The van der Waals surface area contributed by atoms with Crippen molar-refractivity contribution in [1.29, 1.82) is 0 Å². The summed E-state index contributed by atoms with van der Waals surface area (Å²) in [7, 11) is 0. The number of hydrogen-bond donors (Lipinski definition) is 2. The van der Waals surface area contributed by atoms with Crippen LogP contribution in [-0.4, -0.2) is 21.5 Å². The quantitative estimate of drug-likeness (QED) is 0.257. The summed E-state index contributed by atoms with van der Waals surface area (Å²) in [5.74, 6) is 6.05. The number of ether oxygens (including phenoxy) is 1. The molecule has 0 saturated heterocycles. The lowest BCUT2D eigenvalue weighted by Crippen LogP contribution is -2.17. The number of fused-ring (bicyclic) bond motifs is 1. The molecule has 0 radical (unpaired) electrons. The van der Waals surface area contributed by atoms with Crippen molar-refractivity contribution in [3.05, 3.63) is 68.4 Å². The fourth-order valence-corrected chi connectivity index (χ4v) is 7.43.